The van der Waals surface area contributed by atoms with Crippen LogP contribution in [0.15, 0.2) is 27.8 Å². The van der Waals surface area contributed by atoms with Crippen molar-refractivity contribution in [2.75, 3.05) is 0 Å². The number of hydrogen-bond donors (Lipinski definition) is 2. The smallest absolute Gasteiger partial charge is 0.251 e. The fourth-order valence-electron chi connectivity index (χ4n) is 3.02. The summed E-state index contributed by atoms with van der Waals surface area (Å²) in [5, 5.41) is 12.3. The molecule has 3 rings (SSSR count). The summed E-state index contributed by atoms with van der Waals surface area (Å²) < 4.78 is 1.40. The van der Waals surface area contributed by atoms with Crippen molar-refractivity contribution in [3.8, 4) is 5.75 Å². The second-order valence-electron chi connectivity index (χ2n) is 5.68. The number of H-pyrrole nitrogens is 1. The van der Waals surface area contributed by atoms with Crippen LogP contribution in [0.5, 0.6) is 5.75 Å². The maximum atomic E-state index is 12.0. The van der Waals surface area contributed by atoms with Gasteiger partial charge in [0.1, 0.15) is 0 Å². The Kier molecular flexibility index (Phi) is 3.28. The predicted octanol–water partition coefficient (Wildman–Crippen LogP) is 2.35. The molecule has 0 spiro atoms. The van der Waals surface area contributed by atoms with Gasteiger partial charge < -0.3 is 14.7 Å². The number of nitrogens with zero attached hydrogens (tertiary/aromatic N) is 1. The summed E-state index contributed by atoms with van der Waals surface area (Å²) in [5.74, 6) is -0.0501. The molecule has 0 saturated heterocycles. The first-order valence-corrected chi connectivity index (χ1v) is 7.32. The molecule has 2 aromatic heterocycles. The van der Waals surface area contributed by atoms with E-state index in [2.05, 4.69) is 4.98 Å². The summed E-state index contributed by atoms with van der Waals surface area (Å²) in [6.45, 7) is 3.89. The minimum absolute atomic E-state index is 0.0501. The van der Waals surface area contributed by atoms with E-state index in [1.54, 1.807) is 19.2 Å². The van der Waals surface area contributed by atoms with Gasteiger partial charge in [0, 0.05) is 30.0 Å². The third-order valence-electron chi connectivity index (χ3n) is 4.12. The number of hydrogen-bond acceptors (Lipinski definition) is 3. The molecule has 2 heterocycles. The van der Waals surface area contributed by atoms with E-state index in [4.69, 9.17) is 0 Å². The maximum Gasteiger partial charge on any atom is 0.251 e. The van der Waals surface area contributed by atoms with E-state index in [-0.39, 0.29) is 16.9 Å². The van der Waals surface area contributed by atoms with Crippen LogP contribution in [0, 0.1) is 6.92 Å². The lowest BCUT2D eigenvalue weighted by Crippen LogP contribution is -2.17. The van der Waals surface area contributed by atoms with Crippen LogP contribution >= 0.6 is 0 Å². The molecule has 5 nitrogen and oxygen atoms in total. The Morgan fingerprint density at radius 2 is 1.91 bits per heavy atom. The summed E-state index contributed by atoms with van der Waals surface area (Å²) in [6.07, 6.45) is 1.67. The lowest BCUT2D eigenvalue weighted by molar-refractivity contribution is 0.483. The zero-order valence-electron chi connectivity index (χ0n) is 12.9. The predicted molar refractivity (Wildman–Crippen MR) is 87.7 cm³/mol. The fraction of sp³-hybridized carbons (Fsp3) is 0.294. The van der Waals surface area contributed by atoms with E-state index in [1.807, 2.05) is 19.9 Å². The second kappa shape index (κ2) is 5.02. The van der Waals surface area contributed by atoms with Crippen molar-refractivity contribution >= 4 is 21.8 Å². The number of nitrogens with one attached hydrogen (secondary N) is 1. The molecule has 0 aliphatic heterocycles. The van der Waals surface area contributed by atoms with Gasteiger partial charge in [-0.25, -0.2) is 0 Å². The SMILES string of the molecule is CCCc1cc(=O)[nH]c2c(O)c3c(cc12)c(C)cc(=O)n3C. The molecule has 0 unspecified atom stereocenters. The van der Waals surface area contributed by atoms with Gasteiger partial charge in [-0.15, -0.1) is 0 Å². The lowest BCUT2D eigenvalue weighted by Gasteiger charge is -2.13. The van der Waals surface area contributed by atoms with Gasteiger partial charge in [-0.2, -0.15) is 0 Å². The molecule has 0 atom stereocenters. The number of aromatic hydroxyl groups is 1. The summed E-state index contributed by atoms with van der Waals surface area (Å²) in [7, 11) is 1.61. The molecule has 114 valence electrons. The van der Waals surface area contributed by atoms with Gasteiger partial charge in [-0.05, 0) is 30.5 Å². The average molecular weight is 298 g/mol. The van der Waals surface area contributed by atoms with Crippen LogP contribution in [-0.2, 0) is 13.5 Å². The third kappa shape index (κ3) is 2.01. The number of aromatic amines is 1. The summed E-state index contributed by atoms with van der Waals surface area (Å²) in [6, 6.07) is 5.08. The number of fused-ring (bicyclic) bond motifs is 2. The van der Waals surface area contributed by atoms with Crippen LogP contribution < -0.4 is 11.1 Å². The third-order valence-corrected chi connectivity index (χ3v) is 4.12. The van der Waals surface area contributed by atoms with E-state index < -0.39 is 0 Å². The van der Waals surface area contributed by atoms with Crippen molar-refractivity contribution in [3.05, 3.63) is 50.0 Å². The van der Waals surface area contributed by atoms with Crippen molar-refractivity contribution in [2.24, 2.45) is 7.05 Å². The van der Waals surface area contributed by atoms with Gasteiger partial charge in [0.15, 0.2) is 5.75 Å². The number of phenols is 1. The molecule has 0 aliphatic carbocycles. The molecule has 22 heavy (non-hydrogen) atoms. The zero-order valence-corrected chi connectivity index (χ0v) is 12.9. The maximum absolute atomic E-state index is 12.0. The standard InChI is InChI=1S/C17H18N2O3/c1-4-5-10-7-13(20)18-15-12(10)8-11-9(2)6-14(21)19(3)16(11)17(15)22/h6-8,22H,4-5H2,1-3H3,(H,18,20). The highest BCUT2D eigenvalue weighted by atomic mass is 16.3. The van der Waals surface area contributed by atoms with Crippen molar-refractivity contribution in [1.82, 2.24) is 9.55 Å². The number of rotatable bonds is 2. The Morgan fingerprint density at radius 1 is 1.18 bits per heavy atom. The highest BCUT2D eigenvalue weighted by Gasteiger charge is 2.15. The molecular weight excluding hydrogens is 280 g/mol. The molecule has 0 radical (unpaired) electrons. The van der Waals surface area contributed by atoms with E-state index in [0.29, 0.717) is 11.0 Å². The first-order chi connectivity index (χ1) is 10.4. The Bertz CT molecular complexity index is 1010. The van der Waals surface area contributed by atoms with E-state index in [0.717, 1.165) is 34.7 Å². The number of benzene rings is 1. The van der Waals surface area contributed by atoms with Gasteiger partial charge in [0.25, 0.3) is 5.56 Å². The minimum atomic E-state index is -0.247. The number of pyridine rings is 2. The summed E-state index contributed by atoms with van der Waals surface area (Å²) >= 11 is 0. The first-order valence-electron chi connectivity index (χ1n) is 7.32. The van der Waals surface area contributed by atoms with Crippen molar-refractivity contribution in [2.45, 2.75) is 26.7 Å². The van der Waals surface area contributed by atoms with Gasteiger partial charge in [0.05, 0.1) is 11.0 Å². The highest BCUT2D eigenvalue weighted by Crippen LogP contribution is 2.34. The monoisotopic (exact) mass is 298 g/mol. The number of aryl methyl sites for hydroxylation is 3. The van der Waals surface area contributed by atoms with Gasteiger partial charge >= 0.3 is 0 Å². The van der Waals surface area contributed by atoms with Crippen LogP contribution in [0.3, 0.4) is 0 Å². The van der Waals surface area contributed by atoms with Crippen LogP contribution in [0.25, 0.3) is 21.8 Å². The molecule has 0 amide bonds. The molecular formula is C17H18N2O3. The van der Waals surface area contributed by atoms with Crippen LogP contribution in [0.1, 0.15) is 24.5 Å². The highest BCUT2D eigenvalue weighted by molar-refractivity contribution is 6.03. The van der Waals surface area contributed by atoms with Crippen LogP contribution in [0.2, 0.25) is 0 Å². The van der Waals surface area contributed by atoms with Crippen molar-refractivity contribution in [3.63, 3.8) is 0 Å². The Balaban J connectivity index is 2.61. The Hall–Kier alpha value is -2.56. The zero-order chi connectivity index (χ0) is 16.0. The van der Waals surface area contributed by atoms with Gasteiger partial charge in [0.2, 0.25) is 5.56 Å². The van der Waals surface area contributed by atoms with Crippen molar-refractivity contribution < 1.29 is 5.11 Å². The van der Waals surface area contributed by atoms with E-state index in [1.165, 1.54) is 4.57 Å². The second-order valence-corrected chi connectivity index (χ2v) is 5.68. The molecule has 0 saturated carbocycles. The van der Waals surface area contributed by atoms with Gasteiger partial charge in [-0.3, -0.25) is 9.59 Å². The fourth-order valence-corrected chi connectivity index (χ4v) is 3.02. The summed E-state index contributed by atoms with van der Waals surface area (Å²) in [4.78, 5) is 26.5. The lowest BCUT2D eigenvalue weighted by atomic mass is 10.00. The average Bonchev–Trinajstić information content (AvgIpc) is 2.46. The molecule has 0 aliphatic rings. The minimum Gasteiger partial charge on any atom is -0.504 e. The van der Waals surface area contributed by atoms with E-state index >= 15 is 0 Å². The molecule has 0 bridgehead atoms. The topological polar surface area (TPSA) is 75.1 Å². The number of phenolic OH excluding ortho intramolecular Hbond substituents is 1. The van der Waals surface area contributed by atoms with Crippen molar-refractivity contribution in [1.29, 1.82) is 0 Å². The quantitative estimate of drug-likeness (QED) is 0.713. The Labute approximate surface area is 126 Å². The molecule has 5 heteroatoms. The first kappa shape index (κ1) is 14.4. The molecule has 2 N–H and O–H groups in total. The Morgan fingerprint density at radius 3 is 2.59 bits per heavy atom. The van der Waals surface area contributed by atoms with Crippen LogP contribution in [-0.4, -0.2) is 14.7 Å². The van der Waals surface area contributed by atoms with Gasteiger partial charge in [-0.1, -0.05) is 13.3 Å². The molecule has 3 aromatic rings. The molecule has 1 aromatic carbocycles. The van der Waals surface area contributed by atoms with E-state index in [9.17, 15) is 14.7 Å². The normalized spacial score (nSPS) is 11.4. The molecule has 0 fully saturated rings. The van der Waals surface area contributed by atoms with Crippen LogP contribution in [0.4, 0.5) is 0 Å². The largest absolute Gasteiger partial charge is 0.504 e. The number of aromatic nitrogens is 2. The summed E-state index contributed by atoms with van der Waals surface area (Å²) in [5.41, 5.74) is 2.12.